The van der Waals surface area contributed by atoms with E-state index in [1.165, 1.54) is 5.56 Å². The number of hydrogen-bond donors (Lipinski definition) is 3. The second kappa shape index (κ2) is 7.13. The van der Waals surface area contributed by atoms with Crippen LogP contribution in [0.3, 0.4) is 0 Å². The molecule has 2 saturated heterocycles. The molecule has 0 bridgehead atoms. The number of nitrogens with two attached hydrogens (primary N) is 1. The summed E-state index contributed by atoms with van der Waals surface area (Å²) in [6.07, 6.45) is 0.707. The number of piperazine rings is 1. The molecular formula is C17H24N4O2S. The van der Waals surface area contributed by atoms with Gasteiger partial charge in [0, 0.05) is 38.5 Å². The van der Waals surface area contributed by atoms with Crippen LogP contribution in [0.5, 0.6) is 0 Å². The van der Waals surface area contributed by atoms with Gasteiger partial charge in [-0.2, -0.15) is 12.6 Å². The highest BCUT2D eigenvalue weighted by Crippen LogP contribution is 2.31. The fourth-order valence-electron chi connectivity index (χ4n) is 3.60. The third-order valence-corrected chi connectivity index (χ3v) is 5.38. The number of rotatable bonds is 4. The average molecular weight is 348 g/mol. The van der Waals surface area contributed by atoms with Crippen molar-refractivity contribution in [1.29, 1.82) is 0 Å². The summed E-state index contributed by atoms with van der Waals surface area (Å²) < 4.78 is 0. The average Bonchev–Trinajstić information content (AvgIpc) is 2.97. The molecule has 0 saturated carbocycles. The minimum absolute atomic E-state index is 0.00961. The number of nitrogens with zero attached hydrogens (tertiary/aromatic N) is 2. The highest BCUT2D eigenvalue weighted by molar-refractivity contribution is 7.80. The van der Waals surface area contributed by atoms with Crippen LogP contribution in [0.4, 0.5) is 0 Å². The molecule has 0 radical (unpaired) electrons. The molecule has 2 atom stereocenters. The smallest absolute Gasteiger partial charge is 0.242 e. The predicted octanol–water partition coefficient (Wildman–Crippen LogP) is -0.153. The van der Waals surface area contributed by atoms with Crippen LogP contribution < -0.4 is 11.1 Å². The van der Waals surface area contributed by atoms with Crippen LogP contribution in [0, 0.1) is 0 Å². The number of carbonyl (C=O) groups is 2. The van der Waals surface area contributed by atoms with E-state index in [4.69, 9.17) is 5.73 Å². The maximum absolute atomic E-state index is 12.6. The molecule has 1 unspecified atom stereocenters. The second-order valence-electron chi connectivity index (χ2n) is 6.49. The van der Waals surface area contributed by atoms with Gasteiger partial charge in [0.05, 0.1) is 6.04 Å². The molecule has 1 spiro atoms. The summed E-state index contributed by atoms with van der Waals surface area (Å²) in [6.45, 7) is 2.99. The first kappa shape index (κ1) is 17.3. The first-order valence-corrected chi connectivity index (χ1v) is 8.92. The normalized spacial score (nSPS) is 25.8. The molecule has 1 aromatic rings. The third kappa shape index (κ3) is 3.16. The summed E-state index contributed by atoms with van der Waals surface area (Å²) in [7, 11) is 0. The van der Waals surface area contributed by atoms with Crippen LogP contribution in [-0.4, -0.2) is 65.1 Å². The van der Waals surface area contributed by atoms with E-state index in [2.05, 4.69) is 35.0 Å². The molecule has 3 N–H and O–H groups in total. The summed E-state index contributed by atoms with van der Waals surface area (Å²) in [5, 5.41) is 2.93. The highest BCUT2D eigenvalue weighted by Gasteiger charge is 2.51. The second-order valence-corrected chi connectivity index (χ2v) is 6.86. The van der Waals surface area contributed by atoms with Crippen LogP contribution in [0.15, 0.2) is 30.3 Å². The number of thiol groups is 1. The van der Waals surface area contributed by atoms with E-state index >= 15 is 0 Å². The molecule has 2 amide bonds. The van der Waals surface area contributed by atoms with E-state index < -0.39 is 11.6 Å². The van der Waals surface area contributed by atoms with Gasteiger partial charge >= 0.3 is 0 Å². The van der Waals surface area contributed by atoms with Crippen molar-refractivity contribution in [3.63, 3.8) is 0 Å². The van der Waals surface area contributed by atoms with Gasteiger partial charge in [-0.1, -0.05) is 30.3 Å². The Morgan fingerprint density at radius 1 is 1.33 bits per heavy atom. The zero-order chi connectivity index (χ0) is 17.2. The SMILES string of the molecule is N[C@@H](CS)C(=O)N1CCN(Cc2ccccc2)C2(CCNC2=O)C1. The molecule has 3 rings (SSSR count). The lowest BCUT2D eigenvalue weighted by molar-refractivity contribution is -0.144. The van der Waals surface area contributed by atoms with Gasteiger partial charge in [0.2, 0.25) is 11.8 Å². The van der Waals surface area contributed by atoms with Crippen molar-refractivity contribution in [2.75, 3.05) is 31.9 Å². The van der Waals surface area contributed by atoms with Gasteiger partial charge in [-0.15, -0.1) is 0 Å². The first-order chi connectivity index (χ1) is 11.6. The Bertz CT molecular complexity index is 612. The lowest BCUT2D eigenvalue weighted by Gasteiger charge is -2.47. The summed E-state index contributed by atoms with van der Waals surface area (Å²) in [5.74, 6) is 0.196. The van der Waals surface area contributed by atoms with Gasteiger partial charge in [-0.25, -0.2) is 0 Å². The fraction of sp³-hybridized carbons (Fsp3) is 0.529. The lowest BCUT2D eigenvalue weighted by Crippen LogP contribution is -2.67. The summed E-state index contributed by atoms with van der Waals surface area (Å²) in [4.78, 5) is 29.0. The topological polar surface area (TPSA) is 78.7 Å². The molecule has 130 valence electrons. The summed E-state index contributed by atoms with van der Waals surface area (Å²) >= 11 is 4.12. The van der Waals surface area contributed by atoms with Gasteiger partial charge in [0.25, 0.3) is 0 Å². The van der Waals surface area contributed by atoms with E-state index in [0.29, 0.717) is 44.9 Å². The Morgan fingerprint density at radius 3 is 2.71 bits per heavy atom. The number of benzene rings is 1. The van der Waals surface area contributed by atoms with Gasteiger partial charge in [0.1, 0.15) is 5.54 Å². The Kier molecular flexibility index (Phi) is 5.12. The van der Waals surface area contributed by atoms with Gasteiger partial charge in [0.15, 0.2) is 0 Å². The van der Waals surface area contributed by atoms with E-state index in [1.807, 2.05) is 18.2 Å². The van der Waals surface area contributed by atoms with Gasteiger partial charge in [-0.05, 0) is 12.0 Å². The van der Waals surface area contributed by atoms with Crippen LogP contribution in [0.1, 0.15) is 12.0 Å². The third-order valence-electron chi connectivity index (χ3n) is 4.99. The van der Waals surface area contributed by atoms with Crippen molar-refractivity contribution in [3.05, 3.63) is 35.9 Å². The molecule has 0 aliphatic carbocycles. The molecule has 2 aliphatic rings. The van der Waals surface area contributed by atoms with E-state index in [9.17, 15) is 9.59 Å². The van der Waals surface area contributed by atoms with Crippen molar-refractivity contribution in [3.8, 4) is 0 Å². The lowest BCUT2D eigenvalue weighted by atomic mass is 9.90. The minimum Gasteiger partial charge on any atom is -0.354 e. The molecule has 2 heterocycles. The summed E-state index contributed by atoms with van der Waals surface area (Å²) in [6, 6.07) is 9.50. The Morgan fingerprint density at radius 2 is 2.08 bits per heavy atom. The van der Waals surface area contributed by atoms with E-state index in [1.54, 1.807) is 4.90 Å². The maximum atomic E-state index is 12.6. The Balaban J connectivity index is 1.81. The zero-order valence-corrected chi connectivity index (χ0v) is 14.5. The van der Waals surface area contributed by atoms with Crippen LogP contribution >= 0.6 is 12.6 Å². The van der Waals surface area contributed by atoms with Crippen molar-refractivity contribution in [2.45, 2.75) is 24.5 Å². The van der Waals surface area contributed by atoms with Crippen LogP contribution in [-0.2, 0) is 16.1 Å². The van der Waals surface area contributed by atoms with Crippen molar-refractivity contribution in [2.24, 2.45) is 5.73 Å². The van der Waals surface area contributed by atoms with E-state index in [-0.39, 0.29) is 11.8 Å². The number of nitrogens with one attached hydrogen (secondary N) is 1. The van der Waals surface area contributed by atoms with Crippen LogP contribution in [0.25, 0.3) is 0 Å². The molecule has 7 heteroatoms. The standard InChI is InChI=1S/C17H24N4O2S/c18-14(11-24)15(22)20-8-9-21(10-13-4-2-1-3-5-13)17(12-20)6-7-19-16(17)23/h1-5,14,24H,6-12,18H2,(H,19,23)/t14-,17?/m0/s1. The molecule has 1 aromatic carbocycles. The first-order valence-electron chi connectivity index (χ1n) is 8.29. The maximum Gasteiger partial charge on any atom is 0.242 e. The molecule has 0 aromatic heterocycles. The molecular weight excluding hydrogens is 324 g/mol. The molecule has 2 fully saturated rings. The molecule has 24 heavy (non-hydrogen) atoms. The fourth-order valence-corrected chi connectivity index (χ4v) is 3.75. The van der Waals surface area contributed by atoms with Gasteiger partial charge < -0.3 is 16.0 Å². The minimum atomic E-state index is -0.653. The largest absolute Gasteiger partial charge is 0.354 e. The number of amides is 2. The van der Waals surface area contributed by atoms with Crippen molar-refractivity contribution >= 4 is 24.4 Å². The van der Waals surface area contributed by atoms with E-state index in [0.717, 1.165) is 0 Å². The van der Waals surface area contributed by atoms with Crippen LogP contribution in [0.2, 0.25) is 0 Å². The summed E-state index contributed by atoms with van der Waals surface area (Å²) in [5.41, 5.74) is 6.36. The zero-order valence-electron chi connectivity index (χ0n) is 13.6. The quantitative estimate of drug-likeness (QED) is 0.661. The molecule has 6 nitrogen and oxygen atoms in total. The number of hydrogen-bond acceptors (Lipinski definition) is 5. The number of carbonyl (C=O) groups excluding carboxylic acids is 2. The van der Waals surface area contributed by atoms with Crippen molar-refractivity contribution in [1.82, 2.24) is 15.1 Å². The van der Waals surface area contributed by atoms with Crippen molar-refractivity contribution < 1.29 is 9.59 Å². The Hall–Kier alpha value is -1.57. The predicted molar refractivity (Wildman–Crippen MR) is 95.6 cm³/mol. The van der Waals surface area contributed by atoms with Gasteiger partial charge in [-0.3, -0.25) is 14.5 Å². The monoisotopic (exact) mass is 348 g/mol. The Labute approximate surface area is 147 Å². The molecule has 2 aliphatic heterocycles. The highest BCUT2D eigenvalue weighted by atomic mass is 32.1.